The van der Waals surface area contributed by atoms with E-state index in [-0.39, 0.29) is 18.2 Å². The normalized spacial score (nSPS) is 27.6. The van der Waals surface area contributed by atoms with Crippen molar-refractivity contribution < 1.29 is 14.3 Å². The molecule has 2 aliphatic rings. The maximum Gasteiger partial charge on any atom is 0.234 e. The van der Waals surface area contributed by atoms with E-state index in [0.29, 0.717) is 13.0 Å². The number of allylic oxidation sites excluding steroid dienone is 1. The molecule has 0 bridgehead atoms. The van der Waals surface area contributed by atoms with Gasteiger partial charge in [-0.3, -0.25) is 9.59 Å². The minimum atomic E-state index is -0.703. The zero-order valence-corrected chi connectivity index (χ0v) is 10.7. The van der Waals surface area contributed by atoms with Gasteiger partial charge in [0.15, 0.2) is 5.78 Å². The van der Waals surface area contributed by atoms with Crippen LogP contribution in [-0.2, 0) is 14.3 Å². The molecule has 100 valence electrons. The highest BCUT2D eigenvalue weighted by molar-refractivity contribution is 5.96. The Morgan fingerprint density at radius 1 is 1.61 bits per heavy atom. The van der Waals surface area contributed by atoms with Gasteiger partial charge < -0.3 is 15.8 Å². The highest BCUT2D eigenvalue weighted by atomic mass is 16.6. The Labute approximate surface area is 107 Å². The summed E-state index contributed by atoms with van der Waals surface area (Å²) >= 11 is 0. The van der Waals surface area contributed by atoms with E-state index in [1.807, 2.05) is 0 Å². The van der Waals surface area contributed by atoms with Crippen LogP contribution in [0.3, 0.4) is 0 Å². The summed E-state index contributed by atoms with van der Waals surface area (Å²) in [5, 5.41) is 2.71. The molecule has 18 heavy (non-hydrogen) atoms. The number of ether oxygens (including phenoxy) is 1. The van der Waals surface area contributed by atoms with Crippen LogP contribution < -0.4 is 11.1 Å². The van der Waals surface area contributed by atoms with Crippen LogP contribution in [-0.4, -0.2) is 36.5 Å². The van der Waals surface area contributed by atoms with Gasteiger partial charge in [-0.1, -0.05) is 11.6 Å². The quantitative estimate of drug-likeness (QED) is 0.525. The molecule has 0 saturated carbocycles. The molecule has 0 radical (unpaired) electrons. The molecule has 0 aromatic rings. The molecule has 5 nitrogen and oxygen atoms in total. The van der Waals surface area contributed by atoms with E-state index in [1.54, 1.807) is 6.92 Å². The average Bonchev–Trinajstić information content (AvgIpc) is 2.91. The first-order chi connectivity index (χ1) is 8.55. The van der Waals surface area contributed by atoms with Crippen LogP contribution in [0.2, 0.25) is 0 Å². The lowest BCUT2D eigenvalue weighted by atomic mass is 9.94. The molecule has 1 heterocycles. The third-order valence-electron chi connectivity index (χ3n) is 3.54. The maximum absolute atomic E-state index is 12.3. The van der Waals surface area contributed by atoms with Crippen molar-refractivity contribution in [2.45, 2.75) is 44.2 Å². The van der Waals surface area contributed by atoms with E-state index >= 15 is 0 Å². The molecule has 1 unspecified atom stereocenters. The van der Waals surface area contributed by atoms with E-state index in [4.69, 9.17) is 10.5 Å². The van der Waals surface area contributed by atoms with Crippen LogP contribution >= 0.6 is 0 Å². The standard InChI is InChI=1S/C13H20N2O3/c1-13(8-18-13)12(17)10(15-11(16)7-14)6-9-4-2-3-5-9/h4,10H,2-3,5-8,14H2,1H3,(H,15,16)/t10-,13?/m0/s1. The number of hydrogen-bond acceptors (Lipinski definition) is 4. The molecular weight excluding hydrogens is 232 g/mol. The predicted molar refractivity (Wildman–Crippen MR) is 66.9 cm³/mol. The van der Waals surface area contributed by atoms with E-state index in [0.717, 1.165) is 19.3 Å². The summed E-state index contributed by atoms with van der Waals surface area (Å²) in [6.07, 6.45) is 5.96. The number of ketones is 1. The van der Waals surface area contributed by atoms with Crippen molar-refractivity contribution in [3.8, 4) is 0 Å². The second-order valence-corrected chi connectivity index (χ2v) is 5.17. The molecule has 1 amide bonds. The van der Waals surface area contributed by atoms with Gasteiger partial charge in [-0.25, -0.2) is 0 Å². The van der Waals surface area contributed by atoms with Gasteiger partial charge in [-0.05, 0) is 32.6 Å². The summed E-state index contributed by atoms with van der Waals surface area (Å²) in [4.78, 5) is 23.7. The number of nitrogens with one attached hydrogen (secondary N) is 1. The molecule has 3 N–H and O–H groups in total. The highest BCUT2D eigenvalue weighted by Crippen LogP contribution is 2.31. The third-order valence-corrected chi connectivity index (χ3v) is 3.54. The van der Waals surface area contributed by atoms with Gasteiger partial charge in [0.1, 0.15) is 5.60 Å². The molecule has 1 aliphatic carbocycles. The number of epoxide rings is 1. The van der Waals surface area contributed by atoms with Crippen LogP contribution in [0.5, 0.6) is 0 Å². The summed E-state index contributed by atoms with van der Waals surface area (Å²) in [5.41, 5.74) is 5.83. The van der Waals surface area contributed by atoms with Gasteiger partial charge in [-0.2, -0.15) is 0 Å². The van der Waals surface area contributed by atoms with Crippen molar-refractivity contribution in [2.24, 2.45) is 5.73 Å². The number of rotatable bonds is 6. The molecule has 5 heteroatoms. The van der Waals surface area contributed by atoms with Crippen molar-refractivity contribution in [2.75, 3.05) is 13.2 Å². The lowest BCUT2D eigenvalue weighted by Crippen LogP contribution is -2.48. The van der Waals surface area contributed by atoms with Crippen molar-refractivity contribution >= 4 is 11.7 Å². The Kier molecular flexibility index (Phi) is 3.82. The second kappa shape index (κ2) is 5.20. The van der Waals surface area contributed by atoms with Gasteiger partial charge in [0.25, 0.3) is 0 Å². The van der Waals surface area contributed by atoms with Crippen LogP contribution in [0, 0.1) is 0 Å². The Morgan fingerprint density at radius 2 is 2.33 bits per heavy atom. The maximum atomic E-state index is 12.3. The molecular formula is C13H20N2O3. The number of amides is 1. The van der Waals surface area contributed by atoms with Crippen molar-refractivity contribution in [3.05, 3.63) is 11.6 Å². The largest absolute Gasteiger partial charge is 0.361 e. The SMILES string of the molecule is CC1(C(=O)[C@H](CC2=CCCC2)NC(=O)CN)CO1. The number of nitrogens with two attached hydrogens (primary N) is 1. The molecule has 2 rings (SSSR count). The fourth-order valence-electron chi connectivity index (χ4n) is 2.27. The van der Waals surface area contributed by atoms with Crippen LogP contribution in [0.1, 0.15) is 32.6 Å². The van der Waals surface area contributed by atoms with Crippen molar-refractivity contribution in [1.82, 2.24) is 5.32 Å². The molecule has 0 spiro atoms. The Balaban J connectivity index is 2.01. The average molecular weight is 252 g/mol. The number of carbonyl (C=O) groups excluding carboxylic acids is 2. The highest BCUT2D eigenvalue weighted by Gasteiger charge is 2.50. The summed E-state index contributed by atoms with van der Waals surface area (Å²) in [5.74, 6) is -0.340. The first-order valence-electron chi connectivity index (χ1n) is 6.41. The topological polar surface area (TPSA) is 84.7 Å². The second-order valence-electron chi connectivity index (χ2n) is 5.17. The van der Waals surface area contributed by atoms with Gasteiger partial charge >= 0.3 is 0 Å². The first-order valence-corrected chi connectivity index (χ1v) is 6.41. The first kappa shape index (κ1) is 13.2. The summed E-state index contributed by atoms with van der Waals surface area (Å²) in [6, 6.07) is -0.502. The van der Waals surface area contributed by atoms with Crippen LogP contribution in [0.15, 0.2) is 11.6 Å². The van der Waals surface area contributed by atoms with Crippen LogP contribution in [0.25, 0.3) is 0 Å². The Morgan fingerprint density at radius 3 is 2.83 bits per heavy atom. The minimum Gasteiger partial charge on any atom is -0.361 e. The zero-order chi connectivity index (χ0) is 13.2. The van der Waals surface area contributed by atoms with Crippen molar-refractivity contribution in [1.29, 1.82) is 0 Å². The Hall–Kier alpha value is -1.20. The van der Waals surface area contributed by atoms with Crippen LogP contribution in [0.4, 0.5) is 0 Å². The fraction of sp³-hybridized carbons (Fsp3) is 0.692. The van der Waals surface area contributed by atoms with Gasteiger partial charge in [-0.15, -0.1) is 0 Å². The predicted octanol–water partition coefficient (Wildman–Crippen LogP) is 0.288. The molecule has 1 fully saturated rings. The van der Waals surface area contributed by atoms with E-state index < -0.39 is 11.6 Å². The molecule has 0 aromatic carbocycles. The number of Topliss-reactive ketones (excluding diaryl/α,β-unsaturated/α-hetero) is 1. The molecule has 0 aromatic heterocycles. The van der Waals surface area contributed by atoms with Gasteiger partial charge in [0.2, 0.25) is 5.91 Å². The lowest BCUT2D eigenvalue weighted by Gasteiger charge is -2.19. The smallest absolute Gasteiger partial charge is 0.234 e. The summed E-state index contributed by atoms with van der Waals surface area (Å²) in [6.45, 7) is 2.11. The Bertz CT molecular complexity index is 386. The van der Waals surface area contributed by atoms with E-state index in [2.05, 4.69) is 11.4 Å². The fourth-order valence-corrected chi connectivity index (χ4v) is 2.27. The number of hydrogen-bond donors (Lipinski definition) is 2. The zero-order valence-electron chi connectivity index (χ0n) is 10.7. The molecule has 1 saturated heterocycles. The monoisotopic (exact) mass is 252 g/mol. The molecule has 1 aliphatic heterocycles. The van der Waals surface area contributed by atoms with E-state index in [9.17, 15) is 9.59 Å². The summed E-state index contributed by atoms with van der Waals surface area (Å²) < 4.78 is 5.17. The molecule has 2 atom stereocenters. The third kappa shape index (κ3) is 2.97. The van der Waals surface area contributed by atoms with Crippen molar-refractivity contribution in [3.63, 3.8) is 0 Å². The summed E-state index contributed by atoms with van der Waals surface area (Å²) in [7, 11) is 0. The van der Waals surface area contributed by atoms with E-state index in [1.165, 1.54) is 5.57 Å². The van der Waals surface area contributed by atoms with Gasteiger partial charge in [0, 0.05) is 0 Å². The van der Waals surface area contributed by atoms with Gasteiger partial charge in [0.05, 0.1) is 19.2 Å². The minimum absolute atomic E-state index is 0.0444. The lowest BCUT2D eigenvalue weighted by molar-refractivity contribution is -0.129. The number of carbonyl (C=O) groups is 2.